The Morgan fingerprint density at radius 3 is 2.95 bits per heavy atom. The molecule has 1 aromatic carbocycles. The summed E-state index contributed by atoms with van der Waals surface area (Å²) in [5.41, 5.74) is 0.514. The lowest BCUT2D eigenvalue weighted by Gasteiger charge is -2.32. The summed E-state index contributed by atoms with van der Waals surface area (Å²) in [5.74, 6) is 0.00795. The molecule has 2 heterocycles. The maximum atomic E-state index is 12.3. The van der Waals surface area contributed by atoms with Gasteiger partial charge in [-0.05, 0) is 59.9 Å². The number of carbonyl (C=O) groups is 1. The summed E-state index contributed by atoms with van der Waals surface area (Å²) in [5, 5.41) is 12.8. The zero-order chi connectivity index (χ0) is 14.1. The Bertz CT molecular complexity index is 521. The lowest BCUT2D eigenvalue weighted by atomic mass is 9.99. The van der Waals surface area contributed by atoms with E-state index in [0.29, 0.717) is 16.1 Å². The number of hydrogen-bond acceptors (Lipinski definition) is 3. The SMILES string of the molecule is O=C(NC1CCN2CCCCC12)c1ccc(Br)c(O)c1. The van der Waals surface area contributed by atoms with Gasteiger partial charge < -0.3 is 10.4 Å². The van der Waals surface area contributed by atoms with Crippen molar-refractivity contribution in [3.63, 3.8) is 0 Å². The molecular formula is C15H19BrN2O2. The van der Waals surface area contributed by atoms with Crippen molar-refractivity contribution in [2.45, 2.75) is 37.8 Å². The van der Waals surface area contributed by atoms with E-state index in [4.69, 9.17) is 0 Å². The topological polar surface area (TPSA) is 52.6 Å². The number of phenols is 1. The minimum absolute atomic E-state index is 0.0924. The minimum Gasteiger partial charge on any atom is -0.507 e. The summed E-state index contributed by atoms with van der Waals surface area (Å²) < 4.78 is 0.605. The number of rotatable bonds is 2. The van der Waals surface area contributed by atoms with Crippen LogP contribution in [0, 0.1) is 0 Å². The Balaban J connectivity index is 1.68. The molecule has 108 valence electrons. The van der Waals surface area contributed by atoms with Crippen molar-refractivity contribution < 1.29 is 9.90 Å². The van der Waals surface area contributed by atoms with Crippen molar-refractivity contribution in [2.24, 2.45) is 0 Å². The van der Waals surface area contributed by atoms with E-state index >= 15 is 0 Å². The Kier molecular flexibility index (Phi) is 3.98. The fraction of sp³-hybridized carbons (Fsp3) is 0.533. The van der Waals surface area contributed by atoms with Crippen LogP contribution in [0.3, 0.4) is 0 Å². The smallest absolute Gasteiger partial charge is 0.251 e. The zero-order valence-electron chi connectivity index (χ0n) is 11.3. The highest BCUT2D eigenvalue weighted by molar-refractivity contribution is 9.10. The van der Waals surface area contributed by atoms with Crippen LogP contribution in [0.4, 0.5) is 0 Å². The van der Waals surface area contributed by atoms with Gasteiger partial charge in [-0.2, -0.15) is 0 Å². The van der Waals surface area contributed by atoms with E-state index in [-0.39, 0.29) is 17.7 Å². The zero-order valence-corrected chi connectivity index (χ0v) is 12.9. The number of benzene rings is 1. The summed E-state index contributed by atoms with van der Waals surface area (Å²) in [6.45, 7) is 2.25. The van der Waals surface area contributed by atoms with Crippen LogP contribution in [-0.4, -0.2) is 41.1 Å². The third kappa shape index (κ3) is 2.69. The number of piperidine rings is 1. The van der Waals surface area contributed by atoms with Crippen molar-refractivity contribution >= 4 is 21.8 Å². The molecule has 2 aliphatic rings. The summed E-state index contributed by atoms with van der Waals surface area (Å²) in [6, 6.07) is 5.68. The van der Waals surface area contributed by atoms with E-state index in [9.17, 15) is 9.90 Å². The molecule has 0 saturated carbocycles. The third-order valence-electron chi connectivity index (χ3n) is 4.38. The number of halogens is 1. The molecule has 2 saturated heterocycles. The molecule has 1 amide bonds. The maximum Gasteiger partial charge on any atom is 0.251 e. The second kappa shape index (κ2) is 5.74. The van der Waals surface area contributed by atoms with E-state index in [0.717, 1.165) is 19.5 Å². The monoisotopic (exact) mass is 338 g/mol. The predicted octanol–water partition coefficient (Wildman–Crippen LogP) is 2.51. The van der Waals surface area contributed by atoms with Crippen LogP contribution in [-0.2, 0) is 0 Å². The van der Waals surface area contributed by atoms with Crippen molar-refractivity contribution in [1.82, 2.24) is 10.2 Å². The molecule has 2 atom stereocenters. The van der Waals surface area contributed by atoms with Crippen molar-refractivity contribution in [2.75, 3.05) is 13.1 Å². The number of nitrogens with one attached hydrogen (secondary N) is 1. The Morgan fingerprint density at radius 2 is 2.15 bits per heavy atom. The first-order chi connectivity index (χ1) is 9.65. The fourth-order valence-corrected chi connectivity index (χ4v) is 3.57. The average Bonchev–Trinajstić information content (AvgIpc) is 2.85. The lowest BCUT2D eigenvalue weighted by Crippen LogP contribution is -2.46. The van der Waals surface area contributed by atoms with Gasteiger partial charge in [0.15, 0.2) is 0 Å². The average molecular weight is 339 g/mol. The summed E-state index contributed by atoms with van der Waals surface area (Å²) in [7, 11) is 0. The van der Waals surface area contributed by atoms with E-state index in [1.54, 1.807) is 12.1 Å². The second-order valence-electron chi connectivity index (χ2n) is 5.63. The quantitative estimate of drug-likeness (QED) is 0.871. The van der Waals surface area contributed by atoms with Gasteiger partial charge in [-0.15, -0.1) is 0 Å². The van der Waals surface area contributed by atoms with Gasteiger partial charge in [0, 0.05) is 24.2 Å². The first-order valence-corrected chi connectivity index (χ1v) is 7.98. The molecule has 4 nitrogen and oxygen atoms in total. The predicted molar refractivity (Wildman–Crippen MR) is 80.9 cm³/mol. The van der Waals surface area contributed by atoms with Gasteiger partial charge in [-0.1, -0.05) is 6.42 Å². The molecule has 5 heteroatoms. The lowest BCUT2D eigenvalue weighted by molar-refractivity contribution is 0.0915. The van der Waals surface area contributed by atoms with Crippen LogP contribution in [0.5, 0.6) is 5.75 Å². The third-order valence-corrected chi connectivity index (χ3v) is 5.05. The molecule has 0 radical (unpaired) electrons. The number of nitrogens with zero attached hydrogens (tertiary/aromatic N) is 1. The standard InChI is InChI=1S/C15H19BrN2O2/c16-11-5-4-10(9-14(11)19)15(20)17-12-6-8-18-7-2-1-3-13(12)18/h4-5,9,12-13,19H,1-3,6-8H2,(H,17,20). The molecule has 1 aromatic rings. The van der Waals surface area contributed by atoms with Crippen LogP contribution < -0.4 is 5.32 Å². The maximum absolute atomic E-state index is 12.3. The van der Waals surface area contributed by atoms with Crippen LogP contribution >= 0.6 is 15.9 Å². The van der Waals surface area contributed by atoms with E-state index in [1.165, 1.54) is 25.3 Å². The molecule has 2 fully saturated rings. The highest BCUT2D eigenvalue weighted by Gasteiger charge is 2.36. The molecule has 0 aliphatic carbocycles. The molecule has 2 aliphatic heterocycles. The summed E-state index contributed by atoms with van der Waals surface area (Å²) >= 11 is 3.22. The van der Waals surface area contributed by atoms with Crippen LogP contribution in [0.15, 0.2) is 22.7 Å². The van der Waals surface area contributed by atoms with Crippen molar-refractivity contribution in [3.05, 3.63) is 28.2 Å². The van der Waals surface area contributed by atoms with Crippen molar-refractivity contribution in [1.29, 1.82) is 0 Å². The van der Waals surface area contributed by atoms with Crippen LogP contribution in [0.1, 0.15) is 36.0 Å². The van der Waals surface area contributed by atoms with Crippen molar-refractivity contribution in [3.8, 4) is 5.75 Å². The summed E-state index contributed by atoms with van der Waals surface area (Å²) in [4.78, 5) is 14.8. The normalized spacial score (nSPS) is 26.2. The van der Waals surface area contributed by atoms with Gasteiger partial charge in [0.05, 0.1) is 4.47 Å². The number of amides is 1. The number of carbonyl (C=O) groups excluding carboxylic acids is 1. The number of hydrogen-bond donors (Lipinski definition) is 2. The largest absolute Gasteiger partial charge is 0.507 e. The van der Waals surface area contributed by atoms with Crippen LogP contribution in [0.2, 0.25) is 0 Å². The van der Waals surface area contributed by atoms with Crippen LogP contribution in [0.25, 0.3) is 0 Å². The van der Waals surface area contributed by atoms with E-state index < -0.39 is 0 Å². The molecule has 0 aromatic heterocycles. The number of phenolic OH excluding ortho intramolecular Hbond substituents is 1. The highest BCUT2D eigenvalue weighted by Crippen LogP contribution is 2.28. The summed E-state index contributed by atoms with van der Waals surface area (Å²) in [6.07, 6.45) is 4.74. The highest BCUT2D eigenvalue weighted by atomic mass is 79.9. The molecule has 0 spiro atoms. The van der Waals surface area contributed by atoms with E-state index in [1.807, 2.05) is 0 Å². The molecule has 2 unspecified atom stereocenters. The number of fused-ring (bicyclic) bond motifs is 1. The van der Waals surface area contributed by atoms with Gasteiger partial charge in [-0.3, -0.25) is 9.69 Å². The van der Waals surface area contributed by atoms with Gasteiger partial charge in [0.1, 0.15) is 5.75 Å². The first-order valence-electron chi connectivity index (χ1n) is 7.18. The molecule has 0 bridgehead atoms. The number of aromatic hydroxyl groups is 1. The Morgan fingerprint density at radius 1 is 1.30 bits per heavy atom. The van der Waals surface area contributed by atoms with Gasteiger partial charge in [0.2, 0.25) is 0 Å². The molecular weight excluding hydrogens is 320 g/mol. The molecule has 20 heavy (non-hydrogen) atoms. The molecule has 2 N–H and O–H groups in total. The molecule has 3 rings (SSSR count). The minimum atomic E-state index is -0.0924. The van der Waals surface area contributed by atoms with Gasteiger partial charge in [-0.25, -0.2) is 0 Å². The van der Waals surface area contributed by atoms with Gasteiger partial charge in [0.25, 0.3) is 5.91 Å². The van der Waals surface area contributed by atoms with E-state index in [2.05, 4.69) is 26.1 Å². The first kappa shape index (κ1) is 13.9. The van der Waals surface area contributed by atoms with Gasteiger partial charge >= 0.3 is 0 Å². The second-order valence-corrected chi connectivity index (χ2v) is 6.49. The fourth-order valence-electron chi connectivity index (χ4n) is 3.32. The Labute approximate surface area is 127 Å². The Hall–Kier alpha value is -1.07.